The molecule has 1 aromatic heterocycles. The summed E-state index contributed by atoms with van der Waals surface area (Å²) in [6.45, 7) is 4.72. The zero-order valence-electron chi connectivity index (χ0n) is 18.4. The molecule has 0 spiro atoms. The van der Waals surface area contributed by atoms with Gasteiger partial charge < -0.3 is 10.6 Å². The highest BCUT2D eigenvalue weighted by Gasteiger charge is 2.33. The summed E-state index contributed by atoms with van der Waals surface area (Å²) in [5.74, 6) is -0.439. The van der Waals surface area contributed by atoms with E-state index in [1.807, 2.05) is 36.9 Å². The van der Waals surface area contributed by atoms with E-state index in [2.05, 4.69) is 12.0 Å². The van der Waals surface area contributed by atoms with E-state index in [-0.39, 0.29) is 24.9 Å². The van der Waals surface area contributed by atoms with Crippen LogP contribution >= 0.6 is 11.8 Å². The Balaban J connectivity index is 1.63. The van der Waals surface area contributed by atoms with Crippen LogP contribution in [0.1, 0.15) is 34.1 Å². The summed E-state index contributed by atoms with van der Waals surface area (Å²) in [6, 6.07) is 8.90. The number of carbonyl (C=O) groups excluding carboxylic acids is 1. The number of halogens is 2. The van der Waals surface area contributed by atoms with Gasteiger partial charge in [0.1, 0.15) is 11.6 Å². The lowest BCUT2D eigenvalue weighted by molar-refractivity contribution is 0.0708. The number of benzene rings is 2. The number of fused-ring (bicyclic) bond motifs is 1. The molecule has 0 unspecified atom stereocenters. The Kier molecular flexibility index (Phi) is 6.35. The van der Waals surface area contributed by atoms with Gasteiger partial charge >= 0.3 is 0 Å². The number of aryl methyl sites for hydroxylation is 2. The second-order valence-corrected chi connectivity index (χ2v) is 9.27. The van der Waals surface area contributed by atoms with Crippen molar-refractivity contribution in [2.45, 2.75) is 37.8 Å². The molecular weight excluding hydrogens is 430 g/mol. The maximum absolute atomic E-state index is 13.6. The third kappa shape index (κ3) is 4.17. The maximum atomic E-state index is 13.6. The molecule has 2 N–H and O–H groups in total. The summed E-state index contributed by atoms with van der Waals surface area (Å²) >= 11 is 1.75. The number of amides is 1. The highest BCUT2D eigenvalue weighted by Crippen LogP contribution is 2.36. The molecule has 8 heteroatoms. The summed E-state index contributed by atoms with van der Waals surface area (Å²) in [7, 11) is 1.93. The molecule has 4 rings (SSSR count). The number of rotatable bonds is 7. The highest BCUT2D eigenvalue weighted by atomic mass is 32.2. The summed E-state index contributed by atoms with van der Waals surface area (Å²) in [4.78, 5) is 16.0. The van der Waals surface area contributed by atoms with Crippen LogP contribution in [0, 0.1) is 18.6 Å². The van der Waals surface area contributed by atoms with Crippen LogP contribution in [-0.2, 0) is 20.0 Å². The molecule has 2 aromatic carbocycles. The van der Waals surface area contributed by atoms with Gasteiger partial charge in [0.25, 0.3) is 5.91 Å². The molecule has 1 aliphatic heterocycles. The van der Waals surface area contributed by atoms with Crippen molar-refractivity contribution >= 4 is 17.7 Å². The molecule has 0 saturated heterocycles. The highest BCUT2D eigenvalue weighted by molar-refractivity contribution is 7.99. The topological polar surface area (TPSA) is 64.2 Å². The van der Waals surface area contributed by atoms with E-state index in [9.17, 15) is 13.6 Å². The van der Waals surface area contributed by atoms with Gasteiger partial charge in [0.05, 0.1) is 16.3 Å². The van der Waals surface area contributed by atoms with Crippen LogP contribution in [-0.4, -0.2) is 38.9 Å². The van der Waals surface area contributed by atoms with E-state index in [4.69, 9.17) is 5.73 Å². The van der Waals surface area contributed by atoms with Crippen molar-refractivity contribution in [2.24, 2.45) is 12.8 Å². The Morgan fingerprint density at radius 2 is 1.91 bits per heavy atom. The fourth-order valence-corrected chi connectivity index (χ4v) is 5.31. The van der Waals surface area contributed by atoms with Crippen molar-refractivity contribution in [1.29, 1.82) is 0 Å². The summed E-state index contributed by atoms with van der Waals surface area (Å²) < 4.78 is 29.1. The molecule has 1 atom stereocenters. The van der Waals surface area contributed by atoms with Crippen molar-refractivity contribution in [3.63, 3.8) is 0 Å². The fourth-order valence-electron chi connectivity index (χ4n) is 4.38. The van der Waals surface area contributed by atoms with Crippen molar-refractivity contribution < 1.29 is 13.6 Å². The Morgan fingerprint density at radius 3 is 2.56 bits per heavy atom. The Labute approximate surface area is 190 Å². The van der Waals surface area contributed by atoms with E-state index in [0.717, 1.165) is 39.2 Å². The fraction of sp³-hybridized carbons (Fsp3) is 0.333. The molecular formula is C24H26F2N4OS. The predicted octanol–water partition coefficient (Wildman–Crippen LogP) is 4.31. The molecule has 0 bridgehead atoms. The van der Waals surface area contributed by atoms with E-state index >= 15 is 0 Å². The molecule has 0 radical (unpaired) electrons. The average molecular weight is 457 g/mol. The monoisotopic (exact) mass is 456 g/mol. The Morgan fingerprint density at radius 1 is 1.19 bits per heavy atom. The molecule has 3 aromatic rings. The summed E-state index contributed by atoms with van der Waals surface area (Å²) in [5, 5.41) is 4.57. The van der Waals surface area contributed by atoms with Crippen LogP contribution in [0.5, 0.6) is 0 Å². The van der Waals surface area contributed by atoms with Gasteiger partial charge in [-0.15, -0.1) is 11.8 Å². The molecule has 0 saturated carbocycles. The van der Waals surface area contributed by atoms with Crippen molar-refractivity contribution in [1.82, 2.24) is 14.7 Å². The van der Waals surface area contributed by atoms with Gasteiger partial charge in [-0.1, -0.05) is 13.0 Å². The smallest absolute Gasteiger partial charge is 0.254 e. The second-order valence-electron chi connectivity index (χ2n) is 8.00. The molecule has 0 fully saturated rings. The molecule has 5 nitrogen and oxygen atoms in total. The molecule has 168 valence electrons. The van der Waals surface area contributed by atoms with E-state index in [1.54, 1.807) is 16.7 Å². The standard InChI is InChI=1S/C24H26F2N4OS/c1-4-32-23-14(2)28-29(3)22(23)16-5-6-21-17(10-16)13-30(24(21)31)20(12-27)9-15-7-18(25)11-19(26)8-15/h5-8,10-11,20H,4,9,12-13,27H2,1-3H3/t20-/m0/s1. The number of thioether (sulfide) groups is 1. The van der Waals surface area contributed by atoms with Crippen molar-refractivity contribution in [3.05, 3.63) is 70.4 Å². The lowest BCUT2D eigenvalue weighted by Gasteiger charge is -2.26. The minimum Gasteiger partial charge on any atom is -0.330 e. The van der Waals surface area contributed by atoms with Crippen LogP contribution in [0.2, 0.25) is 0 Å². The first kappa shape index (κ1) is 22.5. The van der Waals surface area contributed by atoms with E-state index in [1.165, 1.54) is 12.1 Å². The van der Waals surface area contributed by atoms with Crippen molar-refractivity contribution in [2.75, 3.05) is 12.3 Å². The average Bonchev–Trinajstić information content (AvgIpc) is 3.21. The molecule has 1 amide bonds. The molecule has 2 heterocycles. The summed E-state index contributed by atoms with van der Waals surface area (Å²) in [5.41, 5.74) is 11.0. The quantitative estimate of drug-likeness (QED) is 0.538. The van der Waals surface area contributed by atoms with Gasteiger partial charge in [-0.3, -0.25) is 9.48 Å². The minimum absolute atomic E-state index is 0.108. The predicted molar refractivity (Wildman–Crippen MR) is 123 cm³/mol. The van der Waals surface area contributed by atoms with Crippen LogP contribution in [0.3, 0.4) is 0 Å². The lowest BCUT2D eigenvalue weighted by atomic mass is 10.0. The first-order valence-electron chi connectivity index (χ1n) is 10.6. The number of hydrogen-bond donors (Lipinski definition) is 1. The number of nitrogens with zero attached hydrogens (tertiary/aromatic N) is 3. The third-order valence-electron chi connectivity index (χ3n) is 5.77. The second kappa shape index (κ2) is 9.03. The number of carbonyl (C=O) groups is 1. The van der Waals surface area contributed by atoms with Crippen molar-refractivity contribution in [3.8, 4) is 11.3 Å². The van der Waals surface area contributed by atoms with Crippen LogP contribution in [0.4, 0.5) is 8.78 Å². The molecule has 32 heavy (non-hydrogen) atoms. The zero-order valence-corrected chi connectivity index (χ0v) is 19.2. The third-order valence-corrected chi connectivity index (χ3v) is 6.84. The van der Waals surface area contributed by atoms with Crippen LogP contribution < -0.4 is 5.73 Å². The SMILES string of the molecule is CCSc1c(C)nn(C)c1-c1ccc2c(c1)CN([C@H](CN)Cc1cc(F)cc(F)c1)C2=O. The first-order valence-corrected chi connectivity index (χ1v) is 11.6. The summed E-state index contributed by atoms with van der Waals surface area (Å²) in [6.07, 6.45) is 0.288. The van der Waals surface area contributed by atoms with Gasteiger partial charge in [0, 0.05) is 43.4 Å². The molecule has 1 aliphatic rings. The normalized spacial score (nSPS) is 14.2. The Hall–Kier alpha value is -2.71. The van der Waals surface area contributed by atoms with Gasteiger partial charge in [0.15, 0.2) is 0 Å². The molecule has 0 aliphatic carbocycles. The number of hydrogen-bond acceptors (Lipinski definition) is 4. The first-order chi connectivity index (χ1) is 15.3. The van der Waals surface area contributed by atoms with Gasteiger partial charge in [0.2, 0.25) is 0 Å². The zero-order chi connectivity index (χ0) is 23.0. The Bertz CT molecular complexity index is 1160. The van der Waals surface area contributed by atoms with Gasteiger partial charge in [-0.05, 0) is 54.5 Å². The van der Waals surface area contributed by atoms with Gasteiger partial charge in [-0.25, -0.2) is 8.78 Å². The number of aromatic nitrogens is 2. The van der Waals surface area contributed by atoms with Gasteiger partial charge in [-0.2, -0.15) is 5.10 Å². The lowest BCUT2D eigenvalue weighted by Crippen LogP contribution is -2.42. The minimum atomic E-state index is -0.635. The van der Waals surface area contributed by atoms with Crippen LogP contribution in [0.15, 0.2) is 41.3 Å². The largest absolute Gasteiger partial charge is 0.330 e. The van der Waals surface area contributed by atoms with Crippen LogP contribution in [0.25, 0.3) is 11.3 Å². The van der Waals surface area contributed by atoms with E-state index in [0.29, 0.717) is 17.7 Å². The van der Waals surface area contributed by atoms with E-state index < -0.39 is 11.6 Å². The maximum Gasteiger partial charge on any atom is 0.254 e. The number of nitrogens with two attached hydrogens (primary N) is 1.